The molecule has 0 bridgehead atoms. The third-order valence-corrected chi connectivity index (χ3v) is 3.55. The Morgan fingerprint density at radius 2 is 2.14 bits per heavy atom. The van der Waals surface area contributed by atoms with Crippen LogP contribution < -0.4 is 5.32 Å². The van der Waals surface area contributed by atoms with E-state index in [0.717, 1.165) is 11.1 Å². The van der Waals surface area contributed by atoms with Gasteiger partial charge in [0.05, 0.1) is 12.3 Å². The zero-order valence-corrected chi connectivity index (χ0v) is 10.8. The van der Waals surface area contributed by atoms with E-state index in [1.165, 1.54) is 0 Å². The minimum Gasteiger partial charge on any atom is -0.508 e. The van der Waals surface area contributed by atoms with E-state index in [-0.39, 0.29) is 17.7 Å². The summed E-state index contributed by atoms with van der Waals surface area (Å²) < 4.78 is 5.39. The summed E-state index contributed by atoms with van der Waals surface area (Å²) in [5.74, 6) is 0.524. The van der Waals surface area contributed by atoms with Gasteiger partial charge in [0.15, 0.2) is 11.5 Å². The zero-order valence-electron chi connectivity index (χ0n) is 10.8. The second kappa shape index (κ2) is 4.24. The Balaban J connectivity index is 1.88. The molecule has 1 aromatic carbocycles. The third-order valence-electron chi connectivity index (χ3n) is 3.55. The second-order valence-corrected chi connectivity index (χ2v) is 4.84. The predicted molar refractivity (Wildman–Crippen MR) is 73.7 cm³/mol. The van der Waals surface area contributed by atoms with Gasteiger partial charge in [0, 0.05) is 5.56 Å². The Kier molecular flexibility index (Phi) is 2.38. The molecule has 1 atom stereocenters. The lowest BCUT2D eigenvalue weighted by Crippen LogP contribution is -2.21. The minimum absolute atomic E-state index is 0.151. The fourth-order valence-electron chi connectivity index (χ4n) is 2.64. The number of hydrogen-bond acceptors (Lipinski definition) is 4. The van der Waals surface area contributed by atoms with E-state index in [1.54, 1.807) is 36.6 Å². The van der Waals surface area contributed by atoms with Crippen molar-refractivity contribution in [3.8, 4) is 17.2 Å². The number of nitrogens with zero attached hydrogens (tertiary/aromatic N) is 1. The average Bonchev–Trinajstić information content (AvgIpc) is 3.16. The number of furan rings is 1. The van der Waals surface area contributed by atoms with Gasteiger partial charge in [0.2, 0.25) is 0 Å². The average molecular weight is 281 g/mol. The van der Waals surface area contributed by atoms with Crippen molar-refractivity contribution in [2.45, 2.75) is 6.04 Å². The van der Waals surface area contributed by atoms with E-state index < -0.39 is 0 Å². The fraction of sp³-hybridized carbons (Fsp3) is 0.0667. The maximum Gasteiger partial charge on any atom is 0.272 e. The number of phenolic OH excluding ortho intramolecular Hbond substituents is 1. The highest BCUT2D eigenvalue weighted by molar-refractivity contribution is 5.99. The molecule has 6 heteroatoms. The van der Waals surface area contributed by atoms with E-state index >= 15 is 0 Å². The zero-order chi connectivity index (χ0) is 14.4. The summed E-state index contributed by atoms with van der Waals surface area (Å²) in [5, 5.41) is 19.4. The monoisotopic (exact) mass is 281 g/mol. The first-order valence-corrected chi connectivity index (χ1v) is 6.46. The number of aromatic amines is 1. The molecule has 1 amide bonds. The maximum absolute atomic E-state index is 12.0. The van der Waals surface area contributed by atoms with Crippen LogP contribution in [0.25, 0.3) is 11.5 Å². The summed E-state index contributed by atoms with van der Waals surface area (Å²) >= 11 is 0. The van der Waals surface area contributed by atoms with Crippen molar-refractivity contribution < 1.29 is 14.3 Å². The van der Waals surface area contributed by atoms with Crippen molar-refractivity contribution in [2.24, 2.45) is 0 Å². The van der Waals surface area contributed by atoms with Gasteiger partial charge >= 0.3 is 0 Å². The molecule has 6 nitrogen and oxygen atoms in total. The normalized spacial score (nSPS) is 16.8. The minimum atomic E-state index is -0.363. The number of H-pyrrole nitrogens is 1. The van der Waals surface area contributed by atoms with Crippen LogP contribution in [-0.2, 0) is 0 Å². The molecule has 2 aromatic heterocycles. The summed E-state index contributed by atoms with van der Waals surface area (Å²) in [7, 11) is 0. The molecule has 3 aromatic rings. The van der Waals surface area contributed by atoms with Gasteiger partial charge in [-0.1, -0.05) is 12.1 Å². The number of benzene rings is 1. The molecule has 1 aliphatic rings. The highest BCUT2D eigenvalue weighted by atomic mass is 16.3. The van der Waals surface area contributed by atoms with E-state index in [1.807, 2.05) is 6.07 Å². The largest absolute Gasteiger partial charge is 0.508 e. The van der Waals surface area contributed by atoms with Gasteiger partial charge in [-0.05, 0) is 29.8 Å². The molecule has 104 valence electrons. The molecule has 3 heterocycles. The number of aromatic nitrogens is 2. The molecule has 21 heavy (non-hydrogen) atoms. The Morgan fingerprint density at radius 3 is 2.90 bits per heavy atom. The number of phenols is 1. The highest BCUT2D eigenvalue weighted by Gasteiger charge is 2.36. The van der Waals surface area contributed by atoms with E-state index in [4.69, 9.17) is 4.42 Å². The lowest BCUT2D eigenvalue weighted by Gasteiger charge is -2.13. The fourth-order valence-corrected chi connectivity index (χ4v) is 2.64. The Hall–Kier alpha value is -3.02. The number of aromatic hydroxyl groups is 1. The molecule has 0 aliphatic carbocycles. The van der Waals surface area contributed by atoms with Crippen LogP contribution in [0.3, 0.4) is 0 Å². The SMILES string of the molecule is O=C1N[C@H](c2cccc(O)c2)c2c1n[nH]c2-c1ccco1. The lowest BCUT2D eigenvalue weighted by atomic mass is 9.99. The Labute approximate surface area is 119 Å². The maximum atomic E-state index is 12.0. The predicted octanol–water partition coefficient (Wildman–Crippen LogP) is 2.21. The van der Waals surface area contributed by atoms with Crippen molar-refractivity contribution in [3.63, 3.8) is 0 Å². The molecule has 0 saturated heterocycles. The first-order valence-electron chi connectivity index (χ1n) is 6.46. The molecule has 0 saturated carbocycles. The summed E-state index contributed by atoms with van der Waals surface area (Å²) in [5.41, 5.74) is 2.55. The number of rotatable bonds is 2. The Morgan fingerprint density at radius 1 is 1.24 bits per heavy atom. The molecule has 1 aliphatic heterocycles. The van der Waals surface area contributed by atoms with Crippen LogP contribution in [0, 0.1) is 0 Å². The third kappa shape index (κ3) is 1.73. The Bertz CT molecular complexity index is 821. The lowest BCUT2D eigenvalue weighted by molar-refractivity contribution is 0.0955. The van der Waals surface area contributed by atoms with Crippen molar-refractivity contribution >= 4 is 5.91 Å². The molecule has 0 fully saturated rings. The number of carbonyl (C=O) groups is 1. The van der Waals surface area contributed by atoms with Crippen LogP contribution in [0.2, 0.25) is 0 Å². The van der Waals surface area contributed by atoms with Gasteiger partial charge in [0.25, 0.3) is 5.91 Å². The number of nitrogens with one attached hydrogen (secondary N) is 2. The summed E-state index contributed by atoms with van der Waals surface area (Å²) in [6.45, 7) is 0. The van der Waals surface area contributed by atoms with Gasteiger partial charge < -0.3 is 14.8 Å². The smallest absolute Gasteiger partial charge is 0.272 e. The van der Waals surface area contributed by atoms with Crippen LogP contribution in [0.15, 0.2) is 47.1 Å². The van der Waals surface area contributed by atoms with Gasteiger partial charge in [-0.3, -0.25) is 9.89 Å². The molecule has 4 rings (SSSR count). The number of carbonyl (C=O) groups excluding carboxylic acids is 1. The quantitative estimate of drug-likeness (QED) is 0.671. The molecular formula is C15H11N3O3. The first-order chi connectivity index (χ1) is 10.2. The summed E-state index contributed by atoms with van der Waals surface area (Å²) in [4.78, 5) is 12.0. The molecule has 3 N–H and O–H groups in total. The summed E-state index contributed by atoms with van der Waals surface area (Å²) in [6.07, 6.45) is 1.57. The molecule has 0 spiro atoms. The van der Waals surface area contributed by atoms with E-state index in [0.29, 0.717) is 17.1 Å². The van der Waals surface area contributed by atoms with Crippen LogP contribution in [0.1, 0.15) is 27.7 Å². The van der Waals surface area contributed by atoms with Crippen molar-refractivity contribution in [1.82, 2.24) is 15.5 Å². The van der Waals surface area contributed by atoms with Gasteiger partial charge in [-0.25, -0.2) is 0 Å². The number of amides is 1. The van der Waals surface area contributed by atoms with Crippen molar-refractivity contribution in [1.29, 1.82) is 0 Å². The summed E-state index contributed by atoms with van der Waals surface area (Å²) in [6, 6.07) is 10.0. The second-order valence-electron chi connectivity index (χ2n) is 4.84. The van der Waals surface area contributed by atoms with Crippen LogP contribution in [0.4, 0.5) is 0 Å². The van der Waals surface area contributed by atoms with E-state index in [2.05, 4.69) is 15.5 Å². The topological polar surface area (TPSA) is 91.1 Å². The van der Waals surface area contributed by atoms with E-state index in [9.17, 15) is 9.90 Å². The van der Waals surface area contributed by atoms with Gasteiger partial charge in [-0.2, -0.15) is 5.10 Å². The standard InChI is InChI=1S/C15H11N3O3/c19-9-4-1-3-8(7-9)12-11-13(10-5-2-6-21-10)17-18-14(11)15(20)16-12/h1-7,12,19H,(H,16,20)(H,17,18)/t12-/m1/s1. The highest BCUT2D eigenvalue weighted by Crippen LogP contribution is 2.37. The molecule has 0 radical (unpaired) electrons. The van der Waals surface area contributed by atoms with Crippen LogP contribution in [0.5, 0.6) is 5.75 Å². The van der Waals surface area contributed by atoms with Crippen LogP contribution >= 0.6 is 0 Å². The number of hydrogen-bond donors (Lipinski definition) is 3. The van der Waals surface area contributed by atoms with Crippen LogP contribution in [-0.4, -0.2) is 21.2 Å². The van der Waals surface area contributed by atoms with Crippen molar-refractivity contribution in [3.05, 3.63) is 59.5 Å². The van der Waals surface area contributed by atoms with Gasteiger partial charge in [-0.15, -0.1) is 0 Å². The number of fused-ring (bicyclic) bond motifs is 1. The van der Waals surface area contributed by atoms with Crippen molar-refractivity contribution in [2.75, 3.05) is 0 Å². The molecule has 0 unspecified atom stereocenters. The van der Waals surface area contributed by atoms with Gasteiger partial charge in [0.1, 0.15) is 11.4 Å². The first kappa shape index (κ1) is 11.8. The molecular weight excluding hydrogens is 270 g/mol.